The minimum Gasteiger partial charge on any atom is -0.381 e. The zero-order valence-corrected chi connectivity index (χ0v) is 9.50. The maximum Gasteiger partial charge on any atom is 0.0524 e. The van der Waals surface area contributed by atoms with E-state index in [9.17, 15) is 0 Å². The number of likely N-dealkylation sites (tertiary alicyclic amines) is 1. The molecule has 0 aromatic carbocycles. The average molecular weight is 210 g/mol. The normalized spacial score (nSPS) is 36.4. The smallest absolute Gasteiger partial charge is 0.0524 e. The van der Waals surface area contributed by atoms with Gasteiger partial charge in [0.05, 0.1) is 6.61 Å². The van der Waals surface area contributed by atoms with Crippen molar-refractivity contribution in [2.45, 2.75) is 31.7 Å². The van der Waals surface area contributed by atoms with Crippen molar-refractivity contribution in [3.8, 4) is 0 Å². The summed E-state index contributed by atoms with van der Waals surface area (Å²) in [6, 6.07) is 0.824. The Kier molecular flexibility index (Phi) is 2.71. The number of nitrogens with zero attached hydrogens (tertiary/aromatic N) is 1. The fourth-order valence-electron chi connectivity index (χ4n) is 3.36. The number of hydrogen-bond acceptors (Lipinski definition) is 3. The van der Waals surface area contributed by atoms with Crippen LogP contribution in [0.5, 0.6) is 0 Å². The van der Waals surface area contributed by atoms with E-state index in [4.69, 9.17) is 4.74 Å². The van der Waals surface area contributed by atoms with Crippen LogP contribution in [0.1, 0.15) is 25.7 Å². The second kappa shape index (κ2) is 4.04. The van der Waals surface area contributed by atoms with Crippen LogP contribution in [0.15, 0.2) is 0 Å². The predicted molar refractivity (Wildman–Crippen MR) is 60.0 cm³/mol. The molecule has 0 unspecified atom stereocenters. The van der Waals surface area contributed by atoms with E-state index >= 15 is 0 Å². The van der Waals surface area contributed by atoms with Gasteiger partial charge >= 0.3 is 0 Å². The summed E-state index contributed by atoms with van der Waals surface area (Å²) in [4.78, 5) is 2.70. The van der Waals surface area contributed by atoms with Crippen LogP contribution in [0, 0.1) is 5.41 Å². The average Bonchev–Trinajstić information content (AvgIpc) is 2.91. The van der Waals surface area contributed by atoms with E-state index < -0.39 is 0 Å². The van der Waals surface area contributed by atoms with E-state index in [0.29, 0.717) is 5.41 Å². The molecule has 3 rings (SSSR count). The molecular formula is C12H22N2O. The number of piperidine rings is 1. The molecule has 0 aromatic heterocycles. The molecule has 3 aliphatic heterocycles. The van der Waals surface area contributed by atoms with E-state index in [2.05, 4.69) is 10.2 Å². The molecule has 0 bridgehead atoms. The van der Waals surface area contributed by atoms with Gasteiger partial charge in [-0.3, -0.25) is 4.90 Å². The van der Waals surface area contributed by atoms with Gasteiger partial charge in [0.1, 0.15) is 0 Å². The monoisotopic (exact) mass is 210 g/mol. The lowest BCUT2D eigenvalue weighted by Gasteiger charge is -2.40. The molecule has 0 radical (unpaired) electrons. The zero-order chi connectivity index (χ0) is 10.1. The third kappa shape index (κ3) is 1.93. The molecule has 3 saturated heterocycles. The van der Waals surface area contributed by atoms with Crippen molar-refractivity contribution < 1.29 is 4.74 Å². The summed E-state index contributed by atoms with van der Waals surface area (Å²) in [6.45, 7) is 7.07. The Morgan fingerprint density at radius 2 is 2.07 bits per heavy atom. The number of ether oxygens (including phenoxy) is 1. The van der Waals surface area contributed by atoms with Crippen molar-refractivity contribution in [1.82, 2.24) is 10.2 Å². The molecule has 0 aliphatic carbocycles. The molecule has 3 aliphatic rings. The number of hydrogen-bond donors (Lipinski definition) is 1. The number of nitrogens with one attached hydrogen (secondary N) is 1. The van der Waals surface area contributed by atoms with Gasteiger partial charge in [0.25, 0.3) is 0 Å². The molecule has 15 heavy (non-hydrogen) atoms. The van der Waals surface area contributed by atoms with Crippen LogP contribution in [-0.2, 0) is 4.74 Å². The van der Waals surface area contributed by atoms with Crippen molar-refractivity contribution >= 4 is 0 Å². The Hall–Kier alpha value is -0.120. The Morgan fingerprint density at radius 1 is 1.20 bits per heavy atom. The molecule has 1 spiro atoms. The summed E-state index contributed by atoms with van der Waals surface area (Å²) < 4.78 is 5.57. The van der Waals surface area contributed by atoms with E-state index in [1.807, 2.05) is 0 Å². The zero-order valence-electron chi connectivity index (χ0n) is 9.50. The minimum absolute atomic E-state index is 0.572. The summed E-state index contributed by atoms with van der Waals surface area (Å²) >= 11 is 0. The van der Waals surface area contributed by atoms with Gasteiger partial charge in [-0.15, -0.1) is 0 Å². The van der Waals surface area contributed by atoms with E-state index in [1.165, 1.54) is 51.9 Å². The molecule has 0 aromatic rings. The lowest BCUT2D eigenvalue weighted by Crippen LogP contribution is -2.46. The van der Waals surface area contributed by atoms with Crippen LogP contribution >= 0.6 is 0 Å². The first-order chi connectivity index (χ1) is 7.38. The van der Waals surface area contributed by atoms with Crippen LogP contribution in [0.2, 0.25) is 0 Å². The van der Waals surface area contributed by atoms with Gasteiger partial charge in [0.2, 0.25) is 0 Å². The van der Waals surface area contributed by atoms with Crippen molar-refractivity contribution in [2.75, 3.05) is 39.4 Å². The van der Waals surface area contributed by atoms with Crippen LogP contribution < -0.4 is 5.32 Å². The van der Waals surface area contributed by atoms with Gasteiger partial charge < -0.3 is 10.1 Å². The molecule has 86 valence electrons. The largest absolute Gasteiger partial charge is 0.381 e. The first kappa shape index (κ1) is 10.1. The molecule has 1 N–H and O–H groups in total. The highest BCUT2D eigenvalue weighted by Crippen LogP contribution is 2.39. The van der Waals surface area contributed by atoms with E-state index in [1.54, 1.807) is 0 Å². The fraction of sp³-hybridized carbons (Fsp3) is 1.00. The van der Waals surface area contributed by atoms with Crippen LogP contribution in [0.4, 0.5) is 0 Å². The Balaban J connectivity index is 1.55. The van der Waals surface area contributed by atoms with Gasteiger partial charge in [0, 0.05) is 19.2 Å². The third-order valence-corrected chi connectivity index (χ3v) is 4.59. The van der Waals surface area contributed by atoms with E-state index in [0.717, 1.165) is 19.3 Å². The van der Waals surface area contributed by atoms with Gasteiger partial charge in [-0.2, -0.15) is 0 Å². The van der Waals surface area contributed by atoms with Crippen molar-refractivity contribution in [3.05, 3.63) is 0 Å². The van der Waals surface area contributed by atoms with E-state index in [-0.39, 0.29) is 0 Å². The van der Waals surface area contributed by atoms with Crippen molar-refractivity contribution in [1.29, 1.82) is 0 Å². The van der Waals surface area contributed by atoms with Crippen LogP contribution in [0.3, 0.4) is 0 Å². The van der Waals surface area contributed by atoms with Crippen molar-refractivity contribution in [2.24, 2.45) is 5.41 Å². The second-order valence-electron chi connectivity index (χ2n) is 5.49. The lowest BCUT2D eigenvalue weighted by atomic mass is 9.77. The molecule has 3 nitrogen and oxygen atoms in total. The molecule has 3 fully saturated rings. The molecule has 3 heterocycles. The summed E-state index contributed by atoms with van der Waals surface area (Å²) in [7, 11) is 0. The minimum atomic E-state index is 0.572. The third-order valence-electron chi connectivity index (χ3n) is 4.59. The van der Waals surface area contributed by atoms with Gasteiger partial charge in [-0.25, -0.2) is 0 Å². The van der Waals surface area contributed by atoms with Crippen LogP contribution in [0.25, 0.3) is 0 Å². The molecule has 0 amide bonds. The Labute approximate surface area is 92.2 Å². The molecule has 1 atom stereocenters. The summed E-state index contributed by atoms with van der Waals surface area (Å²) in [5, 5.41) is 3.46. The quantitative estimate of drug-likeness (QED) is 0.694. The van der Waals surface area contributed by atoms with Gasteiger partial charge in [-0.05, 0) is 50.7 Å². The fourth-order valence-corrected chi connectivity index (χ4v) is 3.36. The summed E-state index contributed by atoms with van der Waals surface area (Å²) in [5.74, 6) is 0. The molecule has 0 saturated carbocycles. The highest BCUT2D eigenvalue weighted by atomic mass is 16.5. The first-order valence-corrected chi connectivity index (χ1v) is 6.41. The maximum absolute atomic E-state index is 5.57. The standard InChI is InChI=1S/C12H22N2O/c1-5-13-9-11(1)14-6-2-12(3-7-14)4-8-15-10-12/h11,13H,1-10H2/t11-/m0/s1. The summed E-state index contributed by atoms with van der Waals surface area (Å²) in [6.07, 6.45) is 5.39. The van der Waals surface area contributed by atoms with Crippen LogP contribution in [-0.4, -0.2) is 50.3 Å². The second-order valence-corrected chi connectivity index (χ2v) is 5.49. The first-order valence-electron chi connectivity index (χ1n) is 6.41. The number of rotatable bonds is 1. The van der Waals surface area contributed by atoms with Gasteiger partial charge in [-0.1, -0.05) is 0 Å². The van der Waals surface area contributed by atoms with Gasteiger partial charge in [0.15, 0.2) is 0 Å². The predicted octanol–water partition coefficient (Wildman–Crippen LogP) is 0.851. The highest BCUT2D eigenvalue weighted by Gasteiger charge is 2.39. The maximum atomic E-state index is 5.57. The highest BCUT2D eigenvalue weighted by molar-refractivity contribution is 4.92. The Morgan fingerprint density at radius 3 is 2.67 bits per heavy atom. The SMILES string of the molecule is C1C[C@H](N2CCC3(CCOC3)CC2)CN1. The lowest BCUT2D eigenvalue weighted by molar-refractivity contribution is 0.0628. The Bertz CT molecular complexity index is 210. The summed E-state index contributed by atoms with van der Waals surface area (Å²) in [5.41, 5.74) is 0.572. The van der Waals surface area contributed by atoms with Crippen molar-refractivity contribution in [3.63, 3.8) is 0 Å². The topological polar surface area (TPSA) is 24.5 Å². The molecule has 3 heteroatoms. The molecular weight excluding hydrogens is 188 g/mol.